The maximum Gasteiger partial charge on any atom is 0.573 e. The maximum atomic E-state index is 15.1. The summed E-state index contributed by atoms with van der Waals surface area (Å²) in [7, 11) is -4.10. The predicted molar refractivity (Wildman–Crippen MR) is 120 cm³/mol. The summed E-state index contributed by atoms with van der Waals surface area (Å²) in [6.45, 7) is 0.411. The molecule has 0 bridgehead atoms. The van der Waals surface area contributed by atoms with Crippen LogP contribution in [0.25, 0.3) is 27.9 Å². The van der Waals surface area contributed by atoms with E-state index in [9.17, 15) is 39.6 Å². The predicted octanol–water partition coefficient (Wildman–Crippen LogP) is 4.18. The molecule has 18 heteroatoms. The normalized spacial score (nSPS) is 17.0. The number of rotatable bonds is 6. The van der Waals surface area contributed by atoms with Crippen molar-refractivity contribution in [2.75, 3.05) is 5.75 Å². The molecule has 0 aliphatic carbocycles. The quantitative estimate of drug-likeness (QED) is 0.334. The van der Waals surface area contributed by atoms with E-state index in [1.54, 1.807) is 0 Å². The van der Waals surface area contributed by atoms with Crippen molar-refractivity contribution in [2.24, 2.45) is 0 Å². The lowest BCUT2D eigenvalue weighted by Crippen LogP contribution is -2.45. The second-order valence-corrected chi connectivity index (χ2v) is 10.7. The van der Waals surface area contributed by atoms with Gasteiger partial charge in [0.15, 0.2) is 11.4 Å². The molecule has 9 nitrogen and oxygen atoms in total. The standard InChI is InChI=1S/C22H14F8N4O5S/c1-2-40(36,37)32-15-7-33-16(21(15,26)27)8-34(20(33)35)19-18-11(17-12(24)3-9(23)4-13(17)25)5-10(38-22(28,29)30)6-14(18)39-31-19/h3-6,8,15,32H,2,7H2,1H3/t15-/m1/s1. The first-order valence-electron chi connectivity index (χ1n) is 11.1. The van der Waals surface area contributed by atoms with Gasteiger partial charge < -0.3 is 9.26 Å². The van der Waals surface area contributed by atoms with E-state index in [1.165, 1.54) is 6.92 Å². The summed E-state index contributed by atoms with van der Waals surface area (Å²) in [5.41, 5.74) is -4.54. The summed E-state index contributed by atoms with van der Waals surface area (Å²) >= 11 is 0. The van der Waals surface area contributed by atoms with E-state index >= 15 is 8.78 Å². The van der Waals surface area contributed by atoms with E-state index in [1.807, 2.05) is 4.72 Å². The SMILES string of the molecule is CCS(=O)(=O)N[C@@H]1Cn2c(cn(-c3noc4cc(OC(F)(F)F)cc(-c5c(F)cc(F)cc5F)c34)c2=O)C1(F)F. The third kappa shape index (κ3) is 4.59. The Bertz CT molecular complexity index is 1800. The molecule has 3 heterocycles. The van der Waals surface area contributed by atoms with Gasteiger partial charge in [-0.2, -0.15) is 8.78 Å². The number of nitrogens with one attached hydrogen (secondary N) is 1. The van der Waals surface area contributed by atoms with Crippen LogP contribution in [0.3, 0.4) is 0 Å². The number of hydrogen-bond donors (Lipinski definition) is 1. The number of nitrogens with zero attached hydrogens (tertiary/aromatic N) is 3. The third-order valence-corrected chi connectivity index (χ3v) is 7.50. The highest BCUT2D eigenvalue weighted by atomic mass is 32.2. The second-order valence-electron chi connectivity index (χ2n) is 8.62. The Morgan fingerprint density at radius 3 is 2.38 bits per heavy atom. The summed E-state index contributed by atoms with van der Waals surface area (Å²) < 4.78 is 147. The van der Waals surface area contributed by atoms with Crippen LogP contribution in [0.2, 0.25) is 0 Å². The summed E-state index contributed by atoms with van der Waals surface area (Å²) in [6.07, 6.45) is -4.67. The molecule has 1 N–H and O–H groups in total. The molecule has 4 aromatic rings. The number of benzene rings is 2. The molecule has 0 amide bonds. The van der Waals surface area contributed by atoms with Crippen LogP contribution in [0.15, 0.2) is 39.8 Å². The van der Waals surface area contributed by atoms with E-state index in [-0.39, 0.29) is 12.1 Å². The minimum absolute atomic E-state index is 0.242. The number of imidazole rings is 1. The highest BCUT2D eigenvalue weighted by Crippen LogP contribution is 2.42. The zero-order valence-corrected chi connectivity index (χ0v) is 20.5. The van der Waals surface area contributed by atoms with Gasteiger partial charge in [-0.3, -0.25) is 4.57 Å². The number of sulfonamides is 1. The van der Waals surface area contributed by atoms with Gasteiger partial charge in [-0.05, 0) is 13.0 Å². The summed E-state index contributed by atoms with van der Waals surface area (Å²) in [5, 5.41) is 3.04. The fourth-order valence-electron chi connectivity index (χ4n) is 4.35. The monoisotopic (exact) mass is 598 g/mol. The topological polar surface area (TPSA) is 108 Å². The molecular formula is C22H14F8N4O5S. The van der Waals surface area contributed by atoms with Crippen LogP contribution in [0.5, 0.6) is 5.75 Å². The molecule has 5 rings (SSSR count). The third-order valence-electron chi connectivity index (χ3n) is 6.09. The lowest BCUT2D eigenvalue weighted by atomic mass is 9.99. The van der Waals surface area contributed by atoms with Gasteiger partial charge in [0.2, 0.25) is 10.0 Å². The van der Waals surface area contributed by atoms with Crippen molar-refractivity contribution in [3.8, 4) is 22.7 Å². The van der Waals surface area contributed by atoms with E-state index < -0.39 is 103 Å². The molecule has 1 aliphatic heterocycles. The van der Waals surface area contributed by atoms with Crippen LogP contribution in [-0.4, -0.2) is 40.9 Å². The van der Waals surface area contributed by atoms with Crippen LogP contribution in [0.4, 0.5) is 35.1 Å². The van der Waals surface area contributed by atoms with Crippen LogP contribution < -0.4 is 15.1 Å². The lowest BCUT2D eigenvalue weighted by molar-refractivity contribution is -0.274. The molecule has 0 radical (unpaired) electrons. The molecule has 214 valence electrons. The molecule has 0 fully saturated rings. The number of aromatic nitrogens is 3. The van der Waals surface area contributed by atoms with Crippen LogP contribution in [-0.2, 0) is 22.5 Å². The Labute approximate surface area is 217 Å². The molecule has 1 atom stereocenters. The number of fused-ring (bicyclic) bond motifs is 2. The van der Waals surface area contributed by atoms with Crippen LogP contribution >= 0.6 is 0 Å². The molecule has 0 spiro atoms. The number of halogens is 8. The molecule has 2 aromatic carbocycles. The van der Waals surface area contributed by atoms with E-state index in [2.05, 4.69) is 9.89 Å². The summed E-state index contributed by atoms with van der Waals surface area (Å²) in [6, 6.07) is -0.378. The molecule has 2 aromatic heterocycles. The fraction of sp³-hybridized carbons (Fsp3) is 0.273. The average molecular weight is 598 g/mol. The smallest absolute Gasteiger partial charge is 0.406 e. The van der Waals surface area contributed by atoms with Crippen molar-refractivity contribution >= 4 is 21.0 Å². The van der Waals surface area contributed by atoms with Crippen molar-refractivity contribution in [2.45, 2.75) is 31.8 Å². The van der Waals surface area contributed by atoms with Gasteiger partial charge in [0.05, 0.1) is 23.2 Å². The molecule has 1 aliphatic rings. The van der Waals surface area contributed by atoms with Crippen LogP contribution in [0.1, 0.15) is 12.6 Å². The van der Waals surface area contributed by atoms with Crippen molar-refractivity contribution in [3.63, 3.8) is 0 Å². The zero-order chi connectivity index (χ0) is 29.4. The van der Waals surface area contributed by atoms with Gasteiger partial charge in [-0.25, -0.2) is 35.7 Å². The van der Waals surface area contributed by atoms with Crippen molar-refractivity contribution in [1.29, 1.82) is 0 Å². The largest absolute Gasteiger partial charge is 0.573 e. The van der Waals surface area contributed by atoms with Crippen LogP contribution in [0, 0.1) is 17.5 Å². The maximum absolute atomic E-state index is 15.1. The molecule has 0 saturated heterocycles. The van der Waals surface area contributed by atoms with Gasteiger partial charge in [0.25, 0.3) is 0 Å². The number of alkyl halides is 5. The lowest BCUT2D eigenvalue weighted by Gasteiger charge is -2.19. The van der Waals surface area contributed by atoms with Crippen molar-refractivity contribution in [3.05, 3.63) is 64.1 Å². The Hall–Kier alpha value is -3.93. The van der Waals surface area contributed by atoms with E-state index in [4.69, 9.17) is 4.52 Å². The van der Waals surface area contributed by atoms with Gasteiger partial charge in [0, 0.05) is 30.0 Å². The minimum atomic E-state index is -5.25. The molecule has 0 unspecified atom stereocenters. The van der Waals surface area contributed by atoms with E-state index in [0.717, 1.165) is 0 Å². The number of hydrogen-bond acceptors (Lipinski definition) is 6. The Morgan fingerprint density at radius 2 is 1.80 bits per heavy atom. The average Bonchev–Trinajstić information content (AvgIpc) is 3.44. The van der Waals surface area contributed by atoms with Gasteiger partial charge in [-0.15, -0.1) is 13.2 Å². The second kappa shape index (κ2) is 9.05. The summed E-state index contributed by atoms with van der Waals surface area (Å²) in [5.74, 6) is -10.6. The Kier molecular flexibility index (Phi) is 6.25. The molecule has 40 heavy (non-hydrogen) atoms. The number of ether oxygens (including phenoxy) is 1. The molecule has 0 saturated carbocycles. The minimum Gasteiger partial charge on any atom is -0.406 e. The Balaban J connectivity index is 1.72. The highest BCUT2D eigenvalue weighted by molar-refractivity contribution is 7.89. The van der Waals surface area contributed by atoms with Gasteiger partial charge in [0.1, 0.15) is 34.9 Å². The van der Waals surface area contributed by atoms with E-state index in [0.29, 0.717) is 27.5 Å². The Morgan fingerprint density at radius 1 is 1.15 bits per heavy atom. The molecular weight excluding hydrogens is 584 g/mol. The van der Waals surface area contributed by atoms with Crippen molar-refractivity contribution in [1.82, 2.24) is 19.0 Å². The first-order chi connectivity index (χ1) is 18.5. The summed E-state index contributed by atoms with van der Waals surface area (Å²) in [4.78, 5) is 13.1. The first kappa shape index (κ1) is 27.6. The first-order valence-corrected chi connectivity index (χ1v) is 12.7. The van der Waals surface area contributed by atoms with Gasteiger partial charge >= 0.3 is 18.0 Å². The highest BCUT2D eigenvalue weighted by Gasteiger charge is 2.52. The fourth-order valence-corrected chi connectivity index (χ4v) is 5.17. The zero-order valence-electron chi connectivity index (χ0n) is 19.7. The van der Waals surface area contributed by atoms with Crippen molar-refractivity contribution < 1.29 is 52.8 Å². The van der Waals surface area contributed by atoms with Gasteiger partial charge in [-0.1, -0.05) is 5.16 Å².